The molecule has 0 aromatic heterocycles. The fourth-order valence-electron chi connectivity index (χ4n) is 1.67. The average Bonchev–Trinajstić information content (AvgIpc) is 2.37. The highest BCUT2D eigenvalue weighted by Gasteiger charge is 2.15. The van der Waals surface area contributed by atoms with E-state index >= 15 is 0 Å². The molecule has 0 aliphatic carbocycles. The van der Waals surface area contributed by atoms with Crippen molar-refractivity contribution in [1.82, 2.24) is 0 Å². The quantitative estimate of drug-likeness (QED) is 0.830. The summed E-state index contributed by atoms with van der Waals surface area (Å²) in [6.45, 7) is 1.70. The van der Waals surface area contributed by atoms with Crippen LogP contribution in [0.2, 0.25) is 0 Å². The lowest BCUT2D eigenvalue weighted by atomic mass is 10.1. The van der Waals surface area contributed by atoms with E-state index in [2.05, 4.69) is 5.32 Å². The lowest BCUT2D eigenvalue weighted by Crippen LogP contribution is -2.15. The van der Waals surface area contributed by atoms with Gasteiger partial charge in [0, 0.05) is 11.8 Å². The normalized spacial score (nSPS) is 10.4. The zero-order chi connectivity index (χ0) is 14.9. The summed E-state index contributed by atoms with van der Waals surface area (Å²) in [5, 5.41) is 2.26. The number of halogens is 3. The Bertz CT molecular complexity index is 686. The number of benzene rings is 2. The summed E-state index contributed by atoms with van der Waals surface area (Å²) in [5.41, 5.74) is 5.58. The van der Waals surface area contributed by atoms with Crippen LogP contribution in [0.25, 0.3) is 0 Å². The van der Waals surface area contributed by atoms with Crippen molar-refractivity contribution in [3.8, 4) is 0 Å². The lowest BCUT2D eigenvalue weighted by Gasteiger charge is -2.09. The van der Waals surface area contributed by atoms with Crippen LogP contribution in [0, 0.1) is 24.4 Å². The number of hydrogen-bond acceptors (Lipinski definition) is 2. The van der Waals surface area contributed by atoms with Crippen molar-refractivity contribution in [3.63, 3.8) is 0 Å². The van der Waals surface area contributed by atoms with Crippen LogP contribution >= 0.6 is 0 Å². The first-order valence-corrected chi connectivity index (χ1v) is 5.70. The van der Waals surface area contributed by atoms with Crippen molar-refractivity contribution in [2.24, 2.45) is 0 Å². The molecule has 0 atom stereocenters. The molecular weight excluding hydrogens is 269 g/mol. The maximum absolute atomic E-state index is 13.6. The molecule has 0 spiro atoms. The molecule has 0 heterocycles. The third kappa shape index (κ3) is 2.74. The van der Waals surface area contributed by atoms with Crippen molar-refractivity contribution in [1.29, 1.82) is 0 Å². The fourth-order valence-corrected chi connectivity index (χ4v) is 1.67. The highest BCUT2D eigenvalue weighted by atomic mass is 19.2. The van der Waals surface area contributed by atoms with Crippen LogP contribution in [-0.2, 0) is 0 Å². The molecule has 3 N–H and O–H groups in total. The van der Waals surface area contributed by atoms with Crippen molar-refractivity contribution in [3.05, 3.63) is 58.9 Å². The predicted molar refractivity (Wildman–Crippen MR) is 69.9 cm³/mol. The summed E-state index contributed by atoms with van der Waals surface area (Å²) in [6.07, 6.45) is 0. The molecule has 2 rings (SSSR count). The number of nitrogen functional groups attached to an aromatic ring is 1. The predicted octanol–water partition coefficient (Wildman–Crippen LogP) is 3.25. The maximum Gasteiger partial charge on any atom is 0.257 e. The molecular formula is C14H11F3N2O. The molecule has 20 heavy (non-hydrogen) atoms. The van der Waals surface area contributed by atoms with E-state index in [4.69, 9.17) is 5.73 Å². The van der Waals surface area contributed by atoms with Crippen LogP contribution in [0.15, 0.2) is 30.3 Å². The topological polar surface area (TPSA) is 55.1 Å². The highest BCUT2D eigenvalue weighted by Crippen LogP contribution is 2.20. The van der Waals surface area contributed by atoms with Crippen LogP contribution < -0.4 is 11.1 Å². The molecule has 0 aliphatic heterocycles. The minimum atomic E-state index is -1.20. The standard InChI is InChI=1S/C14H11F3N2O/c1-7-2-3-13(11(17)4-7)19-14(20)8-5-9(15)10(16)6-12(8)18/h2-6H,18H2,1H3,(H,19,20). The van der Waals surface area contributed by atoms with Gasteiger partial charge in [0.25, 0.3) is 5.91 Å². The van der Waals surface area contributed by atoms with Gasteiger partial charge < -0.3 is 11.1 Å². The molecule has 104 valence electrons. The Morgan fingerprint density at radius 3 is 2.35 bits per heavy atom. The lowest BCUT2D eigenvalue weighted by molar-refractivity contribution is 0.102. The van der Waals surface area contributed by atoms with Gasteiger partial charge in [0.1, 0.15) is 5.82 Å². The highest BCUT2D eigenvalue weighted by molar-refractivity contribution is 6.07. The van der Waals surface area contributed by atoms with Crippen molar-refractivity contribution in [2.45, 2.75) is 6.92 Å². The molecule has 2 aromatic carbocycles. The van der Waals surface area contributed by atoms with E-state index in [0.29, 0.717) is 17.7 Å². The van der Waals surface area contributed by atoms with Gasteiger partial charge in [-0.3, -0.25) is 4.79 Å². The molecule has 6 heteroatoms. The molecule has 0 fully saturated rings. The van der Waals surface area contributed by atoms with Gasteiger partial charge >= 0.3 is 0 Å². The zero-order valence-corrected chi connectivity index (χ0v) is 10.5. The van der Waals surface area contributed by atoms with E-state index in [1.807, 2.05) is 0 Å². The molecule has 0 saturated heterocycles. The van der Waals surface area contributed by atoms with Crippen molar-refractivity contribution < 1.29 is 18.0 Å². The monoisotopic (exact) mass is 280 g/mol. The Kier molecular flexibility index (Phi) is 3.65. The number of hydrogen-bond donors (Lipinski definition) is 2. The van der Waals surface area contributed by atoms with Crippen LogP contribution in [0.3, 0.4) is 0 Å². The summed E-state index contributed by atoms with van der Waals surface area (Å²) in [5.74, 6) is -3.79. The second-order valence-electron chi connectivity index (χ2n) is 4.29. The van der Waals surface area contributed by atoms with Crippen LogP contribution in [0.5, 0.6) is 0 Å². The van der Waals surface area contributed by atoms with Gasteiger partial charge in [-0.05, 0) is 30.7 Å². The third-order valence-electron chi connectivity index (χ3n) is 2.71. The van der Waals surface area contributed by atoms with Gasteiger partial charge in [0.2, 0.25) is 0 Å². The number of amides is 1. The summed E-state index contributed by atoms with van der Waals surface area (Å²) >= 11 is 0. The van der Waals surface area contributed by atoms with Crippen molar-refractivity contribution in [2.75, 3.05) is 11.1 Å². The Hall–Kier alpha value is -2.50. The van der Waals surface area contributed by atoms with Crippen molar-refractivity contribution >= 4 is 17.3 Å². The van der Waals surface area contributed by atoms with Gasteiger partial charge in [-0.1, -0.05) is 6.07 Å². The first-order chi connectivity index (χ1) is 9.38. The van der Waals surface area contributed by atoms with Gasteiger partial charge in [-0.2, -0.15) is 0 Å². The van der Waals surface area contributed by atoms with Gasteiger partial charge in [-0.25, -0.2) is 13.2 Å². The molecule has 0 radical (unpaired) electrons. The Morgan fingerprint density at radius 2 is 1.70 bits per heavy atom. The Labute approximate surface area is 113 Å². The molecule has 0 saturated carbocycles. The minimum absolute atomic E-state index is 0.0651. The van der Waals surface area contributed by atoms with Gasteiger partial charge in [0.15, 0.2) is 11.6 Å². The SMILES string of the molecule is Cc1ccc(NC(=O)c2cc(F)c(F)cc2N)c(F)c1. The summed E-state index contributed by atoms with van der Waals surface area (Å²) in [7, 11) is 0. The van der Waals surface area contributed by atoms with E-state index in [1.165, 1.54) is 12.1 Å². The third-order valence-corrected chi connectivity index (χ3v) is 2.71. The first kappa shape index (κ1) is 13.9. The molecule has 0 bridgehead atoms. The summed E-state index contributed by atoms with van der Waals surface area (Å²) in [6, 6.07) is 5.60. The van der Waals surface area contributed by atoms with E-state index < -0.39 is 23.4 Å². The van der Waals surface area contributed by atoms with Crippen LogP contribution in [-0.4, -0.2) is 5.91 Å². The second kappa shape index (κ2) is 5.24. The largest absolute Gasteiger partial charge is 0.398 e. The summed E-state index contributed by atoms with van der Waals surface area (Å²) in [4.78, 5) is 11.9. The van der Waals surface area contributed by atoms with E-state index in [1.54, 1.807) is 13.0 Å². The maximum atomic E-state index is 13.6. The number of anilines is 2. The average molecular weight is 280 g/mol. The number of nitrogens with two attached hydrogens (primary N) is 1. The number of carbonyl (C=O) groups excluding carboxylic acids is 1. The number of nitrogens with one attached hydrogen (secondary N) is 1. The molecule has 0 aliphatic rings. The Balaban J connectivity index is 2.31. The molecule has 0 unspecified atom stereocenters. The number of carbonyl (C=O) groups is 1. The summed E-state index contributed by atoms with van der Waals surface area (Å²) < 4.78 is 39.6. The van der Waals surface area contributed by atoms with Gasteiger partial charge in [-0.15, -0.1) is 0 Å². The van der Waals surface area contributed by atoms with E-state index in [9.17, 15) is 18.0 Å². The number of rotatable bonds is 2. The molecule has 3 nitrogen and oxygen atoms in total. The van der Waals surface area contributed by atoms with Crippen LogP contribution in [0.4, 0.5) is 24.5 Å². The molecule has 1 amide bonds. The smallest absolute Gasteiger partial charge is 0.257 e. The van der Waals surface area contributed by atoms with Crippen LogP contribution in [0.1, 0.15) is 15.9 Å². The Morgan fingerprint density at radius 1 is 1.05 bits per heavy atom. The number of aryl methyl sites for hydroxylation is 1. The van der Waals surface area contributed by atoms with Gasteiger partial charge in [0.05, 0.1) is 11.3 Å². The minimum Gasteiger partial charge on any atom is -0.398 e. The van der Waals surface area contributed by atoms with E-state index in [0.717, 1.165) is 0 Å². The second-order valence-corrected chi connectivity index (χ2v) is 4.29. The fraction of sp³-hybridized carbons (Fsp3) is 0.0714. The first-order valence-electron chi connectivity index (χ1n) is 5.70. The molecule has 2 aromatic rings. The van der Waals surface area contributed by atoms with E-state index in [-0.39, 0.29) is 16.9 Å². The zero-order valence-electron chi connectivity index (χ0n) is 10.5.